The van der Waals surface area contributed by atoms with Crippen LogP contribution in [0.2, 0.25) is 5.02 Å². The molecular formula is C21H19ClF2N4O4. The van der Waals surface area contributed by atoms with Crippen molar-refractivity contribution in [1.29, 1.82) is 0 Å². The molecule has 0 bridgehead atoms. The highest BCUT2D eigenvalue weighted by Gasteiger charge is 2.27. The quantitative estimate of drug-likeness (QED) is 0.470. The van der Waals surface area contributed by atoms with Gasteiger partial charge in [0.1, 0.15) is 5.69 Å². The summed E-state index contributed by atoms with van der Waals surface area (Å²) in [6.45, 7) is 1.13. The second-order valence-electron chi connectivity index (χ2n) is 6.80. The van der Waals surface area contributed by atoms with E-state index in [9.17, 15) is 23.5 Å². The van der Waals surface area contributed by atoms with Crippen molar-refractivity contribution in [3.05, 3.63) is 70.4 Å². The first-order chi connectivity index (χ1) is 15.3. The molecule has 0 fully saturated rings. The highest BCUT2D eigenvalue weighted by Crippen LogP contribution is 2.28. The molecule has 3 aromatic rings. The summed E-state index contributed by atoms with van der Waals surface area (Å²) < 4.78 is 34.2. The molecule has 0 spiro atoms. The second-order valence-corrected chi connectivity index (χ2v) is 7.20. The number of aliphatic carboxylic acids is 1. The van der Waals surface area contributed by atoms with E-state index in [1.165, 1.54) is 18.2 Å². The zero-order valence-corrected chi connectivity index (χ0v) is 17.6. The predicted molar refractivity (Wildman–Crippen MR) is 111 cm³/mol. The number of ether oxygens (including phenoxy) is 1. The third kappa shape index (κ3) is 5.27. The van der Waals surface area contributed by atoms with Crippen molar-refractivity contribution in [2.75, 3.05) is 13.7 Å². The van der Waals surface area contributed by atoms with Crippen LogP contribution < -0.4 is 5.32 Å². The first kappa shape index (κ1) is 23.3. The van der Waals surface area contributed by atoms with Crippen molar-refractivity contribution < 1.29 is 28.2 Å². The lowest BCUT2D eigenvalue weighted by Crippen LogP contribution is -2.34. The maximum absolute atomic E-state index is 14.1. The van der Waals surface area contributed by atoms with Crippen molar-refractivity contribution >= 4 is 23.5 Å². The van der Waals surface area contributed by atoms with Gasteiger partial charge < -0.3 is 15.2 Å². The second kappa shape index (κ2) is 10.3. The first-order valence-electron chi connectivity index (χ1n) is 9.48. The first-order valence-corrected chi connectivity index (χ1v) is 9.86. The van der Waals surface area contributed by atoms with Gasteiger partial charge in [-0.1, -0.05) is 28.9 Å². The van der Waals surface area contributed by atoms with Gasteiger partial charge in [0.05, 0.1) is 11.2 Å². The standard InChI is InChI=1S/C21H19ClF2N4O4/c1-32-9-3-8-28-11-17(26-27-28)14-10-12(6-7-15(14)22)20(29)25-19(21(30)31)13-4-2-5-16(23)18(13)24/h2,4-7,10-11,19H,3,8-9H2,1H3,(H,25,29)(H,30,31). The van der Waals surface area contributed by atoms with Gasteiger partial charge in [-0.05, 0) is 30.7 Å². The van der Waals surface area contributed by atoms with Gasteiger partial charge in [-0.2, -0.15) is 0 Å². The highest BCUT2D eigenvalue weighted by molar-refractivity contribution is 6.33. The van der Waals surface area contributed by atoms with Crippen LogP contribution in [0.4, 0.5) is 8.78 Å². The number of halogens is 3. The summed E-state index contributed by atoms with van der Waals surface area (Å²) in [6.07, 6.45) is 2.38. The number of rotatable bonds is 9. The Kier molecular flexibility index (Phi) is 7.49. The summed E-state index contributed by atoms with van der Waals surface area (Å²) in [7, 11) is 1.60. The largest absolute Gasteiger partial charge is 0.479 e. The Morgan fingerprint density at radius 3 is 2.78 bits per heavy atom. The summed E-state index contributed by atoms with van der Waals surface area (Å²) in [5.41, 5.74) is 0.370. The number of amides is 1. The molecule has 1 unspecified atom stereocenters. The number of aryl methyl sites for hydroxylation is 1. The van der Waals surface area contributed by atoms with Gasteiger partial charge in [-0.25, -0.2) is 13.6 Å². The van der Waals surface area contributed by atoms with Crippen LogP contribution in [0.25, 0.3) is 11.3 Å². The van der Waals surface area contributed by atoms with E-state index in [2.05, 4.69) is 15.6 Å². The van der Waals surface area contributed by atoms with Gasteiger partial charge in [0, 0.05) is 37.0 Å². The molecule has 1 aromatic heterocycles. The fourth-order valence-corrected chi connectivity index (χ4v) is 3.21. The number of hydrogen-bond acceptors (Lipinski definition) is 5. The smallest absolute Gasteiger partial charge is 0.331 e. The lowest BCUT2D eigenvalue weighted by atomic mass is 10.0. The minimum atomic E-state index is -1.79. The number of carboxylic acids is 1. The number of nitrogens with zero attached hydrogens (tertiary/aromatic N) is 3. The molecule has 168 valence electrons. The van der Waals surface area contributed by atoms with Crippen molar-refractivity contribution in [3.63, 3.8) is 0 Å². The maximum Gasteiger partial charge on any atom is 0.331 e. The van der Waals surface area contributed by atoms with Crippen molar-refractivity contribution in [2.24, 2.45) is 0 Å². The Bertz CT molecular complexity index is 1140. The average molecular weight is 465 g/mol. The monoisotopic (exact) mass is 464 g/mol. The lowest BCUT2D eigenvalue weighted by molar-refractivity contribution is -0.139. The summed E-state index contributed by atoms with van der Waals surface area (Å²) in [5, 5.41) is 20.0. The molecule has 0 radical (unpaired) electrons. The molecule has 1 heterocycles. The fraction of sp³-hybridized carbons (Fsp3) is 0.238. The molecule has 32 heavy (non-hydrogen) atoms. The fourth-order valence-electron chi connectivity index (χ4n) is 3.00. The SMILES string of the molecule is COCCCn1cc(-c2cc(C(=O)NC(C(=O)O)c3cccc(F)c3F)ccc2Cl)nn1. The number of benzene rings is 2. The Hall–Kier alpha value is -3.37. The normalized spacial score (nSPS) is 11.9. The Morgan fingerprint density at radius 1 is 1.28 bits per heavy atom. The Morgan fingerprint density at radius 2 is 2.06 bits per heavy atom. The Labute approximate surface area is 186 Å². The van der Waals surface area contributed by atoms with Crippen LogP contribution in [-0.2, 0) is 16.1 Å². The van der Waals surface area contributed by atoms with Crippen LogP contribution in [0, 0.1) is 11.6 Å². The van der Waals surface area contributed by atoms with Crippen LogP contribution in [-0.4, -0.2) is 45.7 Å². The summed E-state index contributed by atoms with van der Waals surface area (Å²) in [4.78, 5) is 24.3. The third-order valence-electron chi connectivity index (χ3n) is 4.59. The van der Waals surface area contributed by atoms with Gasteiger partial charge in [0.15, 0.2) is 17.7 Å². The molecule has 1 amide bonds. The molecule has 2 N–H and O–H groups in total. The van der Waals surface area contributed by atoms with E-state index < -0.39 is 35.1 Å². The van der Waals surface area contributed by atoms with Gasteiger partial charge in [0.25, 0.3) is 5.91 Å². The van der Waals surface area contributed by atoms with E-state index in [1.807, 2.05) is 0 Å². The zero-order chi connectivity index (χ0) is 23.3. The van der Waals surface area contributed by atoms with Gasteiger partial charge in [0.2, 0.25) is 0 Å². The number of hydrogen-bond donors (Lipinski definition) is 2. The topological polar surface area (TPSA) is 106 Å². The molecule has 0 saturated heterocycles. The minimum Gasteiger partial charge on any atom is -0.479 e. The van der Waals surface area contributed by atoms with Crippen LogP contribution in [0.15, 0.2) is 42.6 Å². The summed E-state index contributed by atoms with van der Waals surface area (Å²) in [6, 6.07) is 5.56. The van der Waals surface area contributed by atoms with E-state index >= 15 is 0 Å². The van der Waals surface area contributed by atoms with Crippen molar-refractivity contribution in [2.45, 2.75) is 19.0 Å². The van der Waals surface area contributed by atoms with Gasteiger partial charge in [-0.15, -0.1) is 5.10 Å². The molecule has 2 aromatic carbocycles. The number of carboxylic acid groups (broad SMARTS) is 1. The van der Waals surface area contributed by atoms with E-state index in [0.29, 0.717) is 29.4 Å². The minimum absolute atomic E-state index is 0.0568. The molecule has 3 rings (SSSR count). The molecule has 8 nitrogen and oxygen atoms in total. The van der Waals surface area contributed by atoms with Crippen molar-refractivity contribution in [1.82, 2.24) is 20.3 Å². The summed E-state index contributed by atoms with van der Waals surface area (Å²) in [5.74, 6) is -4.92. The van der Waals surface area contributed by atoms with E-state index in [1.54, 1.807) is 18.0 Å². The van der Waals surface area contributed by atoms with Crippen LogP contribution in [0.5, 0.6) is 0 Å². The molecule has 0 aliphatic heterocycles. The number of methoxy groups -OCH3 is 1. The van der Waals surface area contributed by atoms with Crippen LogP contribution in [0.1, 0.15) is 28.4 Å². The maximum atomic E-state index is 14.1. The number of carbonyl (C=O) groups is 2. The molecule has 11 heteroatoms. The molecule has 0 saturated carbocycles. The number of carbonyl (C=O) groups excluding carboxylic acids is 1. The molecule has 0 aliphatic rings. The number of aromatic nitrogens is 3. The third-order valence-corrected chi connectivity index (χ3v) is 4.92. The van der Waals surface area contributed by atoms with Crippen molar-refractivity contribution in [3.8, 4) is 11.3 Å². The number of nitrogens with one attached hydrogen (secondary N) is 1. The summed E-state index contributed by atoms with van der Waals surface area (Å²) >= 11 is 6.25. The van der Waals surface area contributed by atoms with Gasteiger partial charge in [-0.3, -0.25) is 9.48 Å². The van der Waals surface area contributed by atoms with Crippen LogP contribution in [0.3, 0.4) is 0 Å². The molecule has 0 aliphatic carbocycles. The lowest BCUT2D eigenvalue weighted by Gasteiger charge is -2.16. The van der Waals surface area contributed by atoms with E-state index in [4.69, 9.17) is 16.3 Å². The van der Waals surface area contributed by atoms with E-state index in [-0.39, 0.29) is 5.56 Å². The Balaban J connectivity index is 1.84. The van der Waals surface area contributed by atoms with E-state index in [0.717, 1.165) is 24.6 Å². The molecular weight excluding hydrogens is 446 g/mol. The highest BCUT2D eigenvalue weighted by atomic mass is 35.5. The molecule has 1 atom stereocenters. The predicted octanol–water partition coefficient (Wildman–Crippen LogP) is 3.47. The zero-order valence-electron chi connectivity index (χ0n) is 16.9. The van der Waals surface area contributed by atoms with Gasteiger partial charge >= 0.3 is 5.97 Å². The van der Waals surface area contributed by atoms with Crippen LogP contribution >= 0.6 is 11.6 Å². The average Bonchev–Trinajstić information content (AvgIpc) is 3.23.